The number of nitrogens with zero attached hydrogens (tertiary/aromatic N) is 2. The summed E-state index contributed by atoms with van der Waals surface area (Å²) in [7, 11) is 0. The van der Waals surface area contributed by atoms with Crippen molar-refractivity contribution in [2.24, 2.45) is 0 Å². The molecule has 0 amide bonds. The molecule has 2 nitrogen and oxygen atoms in total. The zero-order valence-electron chi connectivity index (χ0n) is 30.0. The minimum atomic E-state index is -0.155. The standard InChI is InChI=1S/C48H49N2/c1-5-33-49-42(36(3)46-40-25-19-17-23-38(40)29-31-43(46)49)27-15-10-8-7-9-11-16-28-45-48(4,35-37-21-13-12-14-22-37)47-41-26-20-18-24-39(41)30-32-44(47)50(45)34-6-2/h7-32,36H,5-6,33-35H2,1-4H3/q+1. The fourth-order valence-electron chi connectivity index (χ4n) is 8.37. The summed E-state index contributed by atoms with van der Waals surface area (Å²) in [5.74, 6) is 0.360. The van der Waals surface area contributed by atoms with Gasteiger partial charge in [0.15, 0.2) is 5.71 Å². The van der Waals surface area contributed by atoms with Gasteiger partial charge in [0, 0.05) is 48.0 Å². The minimum Gasteiger partial charge on any atom is -0.344 e. The molecule has 5 aromatic carbocycles. The van der Waals surface area contributed by atoms with Gasteiger partial charge in [0.2, 0.25) is 5.69 Å². The summed E-state index contributed by atoms with van der Waals surface area (Å²) in [6.07, 6.45) is 22.9. The lowest BCUT2D eigenvalue weighted by molar-refractivity contribution is -0.437. The topological polar surface area (TPSA) is 6.25 Å². The highest BCUT2D eigenvalue weighted by Gasteiger charge is 2.48. The zero-order chi connectivity index (χ0) is 34.5. The molecular weight excluding hydrogens is 605 g/mol. The van der Waals surface area contributed by atoms with Crippen molar-refractivity contribution in [1.29, 1.82) is 0 Å². The van der Waals surface area contributed by atoms with E-state index in [1.54, 1.807) is 0 Å². The van der Waals surface area contributed by atoms with Crippen molar-refractivity contribution in [1.82, 2.24) is 0 Å². The second kappa shape index (κ2) is 14.7. The Morgan fingerprint density at radius 1 is 0.680 bits per heavy atom. The van der Waals surface area contributed by atoms with E-state index in [1.807, 2.05) is 0 Å². The Labute approximate surface area is 298 Å². The number of allylic oxidation sites excluding steroid dienone is 10. The SMILES string of the molecule is CCCN1/C(=C/C=C/C=C/C=C/C=C/C2=[N+](CCC)c3ccc4ccccc4c3C2(C)Cc2ccccc2)C(C)c2c1ccc1ccccc21. The van der Waals surface area contributed by atoms with Crippen LogP contribution >= 0.6 is 0 Å². The Bertz CT molecular complexity index is 2190. The molecule has 7 rings (SSSR count). The van der Waals surface area contributed by atoms with Gasteiger partial charge in [-0.2, -0.15) is 4.58 Å². The van der Waals surface area contributed by atoms with Crippen LogP contribution in [0.1, 0.15) is 63.1 Å². The minimum absolute atomic E-state index is 0.155. The number of fused-ring (bicyclic) bond motifs is 6. The van der Waals surface area contributed by atoms with Crippen molar-refractivity contribution >= 4 is 38.6 Å². The van der Waals surface area contributed by atoms with Crippen LogP contribution in [0.5, 0.6) is 0 Å². The predicted octanol–water partition coefficient (Wildman–Crippen LogP) is 12.1. The highest BCUT2D eigenvalue weighted by Crippen LogP contribution is 2.48. The van der Waals surface area contributed by atoms with Gasteiger partial charge >= 0.3 is 0 Å². The van der Waals surface area contributed by atoms with Crippen LogP contribution in [0.15, 0.2) is 164 Å². The van der Waals surface area contributed by atoms with Gasteiger partial charge < -0.3 is 4.90 Å². The molecule has 2 heteroatoms. The van der Waals surface area contributed by atoms with Crippen LogP contribution in [-0.4, -0.2) is 23.4 Å². The molecule has 50 heavy (non-hydrogen) atoms. The second-order valence-electron chi connectivity index (χ2n) is 13.9. The van der Waals surface area contributed by atoms with Crippen molar-refractivity contribution in [3.8, 4) is 0 Å². The van der Waals surface area contributed by atoms with Crippen LogP contribution in [-0.2, 0) is 11.8 Å². The maximum absolute atomic E-state index is 2.56. The third-order valence-corrected chi connectivity index (χ3v) is 10.5. The molecule has 5 aromatic rings. The number of rotatable bonds is 11. The van der Waals surface area contributed by atoms with E-state index < -0.39 is 0 Å². The lowest BCUT2D eigenvalue weighted by atomic mass is 9.73. The van der Waals surface area contributed by atoms with Crippen molar-refractivity contribution in [3.05, 3.63) is 180 Å². The highest BCUT2D eigenvalue weighted by atomic mass is 15.2. The summed E-state index contributed by atoms with van der Waals surface area (Å²) in [4.78, 5) is 2.51. The molecular formula is C48H49N2+. The van der Waals surface area contributed by atoms with Crippen molar-refractivity contribution in [2.45, 2.75) is 58.3 Å². The van der Waals surface area contributed by atoms with Gasteiger partial charge in [-0.25, -0.2) is 0 Å². The van der Waals surface area contributed by atoms with Crippen molar-refractivity contribution < 1.29 is 4.58 Å². The van der Waals surface area contributed by atoms with Crippen LogP contribution in [0.25, 0.3) is 21.5 Å². The lowest BCUT2D eigenvalue weighted by Crippen LogP contribution is -2.34. The first-order valence-electron chi connectivity index (χ1n) is 18.4. The van der Waals surface area contributed by atoms with Crippen LogP contribution in [0.4, 0.5) is 11.4 Å². The maximum atomic E-state index is 2.56. The van der Waals surface area contributed by atoms with E-state index in [2.05, 4.69) is 195 Å². The van der Waals surface area contributed by atoms with Gasteiger partial charge in [0.05, 0.1) is 5.41 Å². The molecule has 2 aliphatic rings. The third kappa shape index (κ3) is 6.20. The molecule has 2 aliphatic heterocycles. The molecule has 0 aromatic heterocycles. The van der Waals surface area contributed by atoms with E-state index in [9.17, 15) is 0 Å². The largest absolute Gasteiger partial charge is 0.344 e. The predicted molar refractivity (Wildman–Crippen MR) is 216 cm³/mol. The van der Waals surface area contributed by atoms with E-state index in [1.165, 1.54) is 61.0 Å². The summed E-state index contributed by atoms with van der Waals surface area (Å²) in [6, 6.07) is 37.8. The second-order valence-corrected chi connectivity index (χ2v) is 13.9. The van der Waals surface area contributed by atoms with Gasteiger partial charge in [0.1, 0.15) is 6.54 Å². The van der Waals surface area contributed by atoms with E-state index in [-0.39, 0.29) is 5.41 Å². The van der Waals surface area contributed by atoms with E-state index in [0.717, 1.165) is 32.4 Å². The molecule has 0 radical (unpaired) electrons. The van der Waals surface area contributed by atoms with E-state index in [0.29, 0.717) is 5.92 Å². The summed E-state index contributed by atoms with van der Waals surface area (Å²) in [5.41, 5.74) is 9.55. The Morgan fingerprint density at radius 2 is 1.32 bits per heavy atom. The first kappa shape index (κ1) is 33.3. The van der Waals surface area contributed by atoms with Crippen LogP contribution in [0.3, 0.4) is 0 Å². The maximum Gasteiger partial charge on any atom is 0.210 e. The molecule has 0 bridgehead atoms. The molecule has 0 saturated heterocycles. The van der Waals surface area contributed by atoms with Gasteiger partial charge in [-0.05, 0) is 70.6 Å². The zero-order valence-corrected chi connectivity index (χ0v) is 30.0. The molecule has 0 saturated carbocycles. The summed E-state index contributed by atoms with van der Waals surface area (Å²) in [5, 5.41) is 5.35. The van der Waals surface area contributed by atoms with E-state index >= 15 is 0 Å². The van der Waals surface area contributed by atoms with E-state index in [4.69, 9.17) is 0 Å². The summed E-state index contributed by atoms with van der Waals surface area (Å²) >= 11 is 0. The fraction of sp³-hybridized carbons (Fsp3) is 0.229. The smallest absolute Gasteiger partial charge is 0.210 e. The molecule has 2 heterocycles. The Kier molecular flexibility index (Phi) is 9.81. The Morgan fingerprint density at radius 3 is 2.06 bits per heavy atom. The van der Waals surface area contributed by atoms with Gasteiger partial charge in [-0.15, -0.1) is 0 Å². The van der Waals surface area contributed by atoms with Gasteiger partial charge in [0.25, 0.3) is 0 Å². The first-order chi connectivity index (χ1) is 24.5. The Hall–Kier alpha value is -5.21. The van der Waals surface area contributed by atoms with Crippen molar-refractivity contribution in [2.75, 3.05) is 18.0 Å². The molecule has 0 fully saturated rings. The van der Waals surface area contributed by atoms with Gasteiger partial charge in [-0.1, -0.05) is 148 Å². The normalized spacial score (nSPS) is 19.9. The van der Waals surface area contributed by atoms with Crippen LogP contribution in [0.2, 0.25) is 0 Å². The number of benzene rings is 5. The highest BCUT2D eigenvalue weighted by molar-refractivity contribution is 6.08. The molecule has 0 spiro atoms. The number of hydrogen-bond donors (Lipinski definition) is 0. The molecule has 0 aliphatic carbocycles. The third-order valence-electron chi connectivity index (χ3n) is 10.5. The fourth-order valence-corrected chi connectivity index (χ4v) is 8.37. The van der Waals surface area contributed by atoms with Gasteiger partial charge in [-0.3, -0.25) is 0 Å². The average Bonchev–Trinajstić information content (AvgIpc) is 3.54. The number of anilines is 1. The summed E-state index contributed by atoms with van der Waals surface area (Å²) in [6.45, 7) is 11.4. The molecule has 0 N–H and O–H groups in total. The average molecular weight is 654 g/mol. The van der Waals surface area contributed by atoms with Crippen molar-refractivity contribution in [3.63, 3.8) is 0 Å². The molecule has 250 valence electrons. The quantitative estimate of drug-likeness (QED) is 0.102. The Balaban J connectivity index is 1.11. The first-order valence-corrected chi connectivity index (χ1v) is 18.4. The van der Waals surface area contributed by atoms with Crippen LogP contribution in [0, 0.1) is 0 Å². The lowest BCUT2D eigenvalue weighted by Gasteiger charge is -2.24. The molecule has 2 unspecified atom stereocenters. The molecule has 2 atom stereocenters. The van der Waals surface area contributed by atoms with Crippen LogP contribution < -0.4 is 4.90 Å². The number of hydrogen-bond acceptors (Lipinski definition) is 1. The summed E-state index contributed by atoms with van der Waals surface area (Å²) < 4.78 is 2.56. The monoisotopic (exact) mass is 653 g/mol.